The van der Waals surface area contributed by atoms with Crippen LogP contribution in [0.2, 0.25) is 0 Å². The van der Waals surface area contributed by atoms with Crippen molar-refractivity contribution in [3.63, 3.8) is 0 Å². The van der Waals surface area contributed by atoms with E-state index in [1.165, 1.54) is 12.1 Å². The normalized spacial score (nSPS) is 10.5. The molecule has 0 radical (unpaired) electrons. The van der Waals surface area contributed by atoms with Crippen LogP contribution in [-0.4, -0.2) is 16.2 Å². The smallest absolute Gasteiger partial charge is 0.335 e. The monoisotopic (exact) mass is 301 g/mol. The average molecular weight is 301 g/mol. The van der Waals surface area contributed by atoms with Crippen LogP contribution in [0, 0.1) is 0 Å². The second-order valence-corrected chi connectivity index (χ2v) is 5.23. The molecule has 0 spiro atoms. The quantitative estimate of drug-likeness (QED) is 0.778. The minimum absolute atomic E-state index is 0.226. The molecule has 1 aromatic carbocycles. The highest BCUT2D eigenvalue weighted by Crippen LogP contribution is 2.25. The summed E-state index contributed by atoms with van der Waals surface area (Å²) in [6, 6.07) is 12.0. The van der Waals surface area contributed by atoms with Crippen LogP contribution in [-0.2, 0) is 6.61 Å². The van der Waals surface area contributed by atoms with Crippen LogP contribution in [0.15, 0.2) is 52.4 Å². The lowest BCUT2D eigenvalue weighted by Crippen LogP contribution is -1.98. The van der Waals surface area contributed by atoms with Gasteiger partial charge < -0.3 is 14.4 Å². The van der Waals surface area contributed by atoms with Crippen molar-refractivity contribution in [2.45, 2.75) is 6.61 Å². The molecular formula is C15H11NO4S. The largest absolute Gasteiger partial charge is 0.487 e. The maximum absolute atomic E-state index is 10.7. The third-order valence-corrected chi connectivity index (χ3v) is 3.70. The van der Waals surface area contributed by atoms with E-state index in [-0.39, 0.29) is 12.2 Å². The molecule has 0 bridgehead atoms. The van der Waals surface area contributed by atoms with E-state index in [1.54, 1.807) is 23.5 Å². The molecule has 106 valence electrons. The van der Waals surface area contributed by atoms with Gasteiger partial charge in [0.05, 0.1) is 10.4 Å². The summed E-state index contributed by atoms with van der Waals surface area (Å²) in [7, 11) is 0. The highest BCUT2D eigenvalue weighted by Gasteiger charge is 2.08. The van der Waals surface area contributed by atoms with Gasteiger partial charge in [0.1, 0.15) is 18.1 Å². The zero-order chi connectivity index (χ0) is 14.7. The van der Waals surface area contributed by atoms with Crippen LogP contribution in [0.1, 0.15) is 16.1 Å². The Balaban J connectivity index is 1.64. The molecular weight excluding hydrogens is 290 g/mol. The number of carboxylic acids is 1. The Hall–Kier alpha value is -2.60. The second kappa shape index (κ2) is 5.80. The minimum atomic E-state index is -0.960. The standard InChI is InChI=1S/C15H11NO4S/c17-15(18)10-3-5-12(6-4-10)19-9-11-8-13(20-16-11)14-2-1-7-21-14/h1-8H,9H2,(H,17,18). The second-order valence-electron chi connectivity index (χ2n) is 4.28. The number of thiophene rings is 1. The summed E-state index contributed by atoms with van der Waals surface area (Å²) in [5.41, 5.74) is 0.907. The lowest BCUT2D eigenvalue weighted by atomic mass is 10.2. The molecule has 6 heteroatoms. The molecule has 3 aromatic rings. The zero-order valence-electron chi connectivity index (χ0n) is 10.9. The van der Waals surface area contributed by atoms with Crippen molar-refractivity contribution in [3.8, 4) is 16.4 Å². The fraction of sp³-hybridized carbons (Fsp3) is 0.0667. The minimum Gasteiger partial charge on any atom is -0.487 e. The highest BCUT2D eigenvalue weighted by atomic mass is 32.1. The third-order valence-electron chi connectivity index (χ3n) is 2.81. The fourth-order valence-corrected chi connectivity index (χ4v) is 2.44. The molecule has 0 unspecified atom stereocenters. The maximum atomic E-state index is 10.7. The first-order chi connectivity index (χ1) is 10.2. The zero-order valence-corrected chi connectivity index (χ0v) is 11.7. The molecule has 0 aliphatic rings. The van der Waals surface area contributed by atoms with Crippen LogP contribution in [0.4, 0.5) is 0 Å². The molecule has 3 rings (SSSR count). The Labute approximate surface area is 124 Å². The number of ether oxygens (including phenoxy) is 1. The van der Waals surface area contributed by atoms with Crippen molar-refractivity contribution >= 4 is 17.3 Å². The lowest BCUT2D eigenvalue weighted by molar-refractivity contribution is 0.0697. The molecule has 0 atom stereocenters. The number of hydrogen-bond donors (Lipinski definition) is 1. The Kier molecular flexibility index (Phi) is 3.70. The van der Waals surface area contributed by atoms with E-state index in [2.05, 4.69) is 5.16 Å². The molecule has 0 aliphatic heterocycles. The molecule has 0 fully saturated rings. The van der Waals surface area contributed by atoms with Crippen LogP contribution in [0.5, 0.6) is 5.75 Å². The SMILES string of the molecule is O=C(O)c1ccc(OCc2cc(-c3cccs3)on2)cc1. The van der Waals surface area contributed by atoms with E-state index in [0.29, 0.717) is 17.2 Å². The number of aromatic nitrogens is 1. The number of nitrogens with zero attached hydrogens (tertiary/aromatic N) is 1. The first-order valence-corrected chi connectivity index (χ1v) is 7.06. The number of aromatic carboxylic acids is 1. The molecule has 0 aliphatic carbocycles. The van der Waals surface area contributed by atoms with E-state index < -0.39 is 5.97 Å². The van der Waals surface area contributed by atoms with Gasteiger partial charge in [-0.25, -0.2) is 4.79 Å². The average Bonchev–Trinajstić information content (AvgIpc) is 3.16. The van der Waals surface area contributed by atoms with Crippen LogP contribution >= 0.6 is 11.3 Å². The number of carbonyl (C=O) groups is 1. The van der Waals surface area contributed by atoms with E-state index in [9.17, 15) is 4.79 Å². The highest BCUT2D eigenvalue weighted by molar-refractivity contribution is 7.13. The summed E-state index contributed by atoms with van der Waals surface area (Å²) in [4.78, 5) is 11.8. The van der Waals surface area contributed by atoms with Gasteiger partial charge in [-0.2, -0.15) is 0 Å². The summed E-state index contributed by atoms with van der Waals surface area (Å²) in [6.45, 7) is 0.265. The summed E-state index contributed by atoms with van der Waals surface area (Å²) >= 11 is 1.58. The van der Waals surface area contributed by atoms with Crippen LogP contribution < -0.4 is 4.74 Å². The summed E-state index contributed by atoms with van der Waals surface area (Å²) in [5, 5.41) is 14.7. The molecule has 21 heavy (non-hydrogen) atoms. The molecule has 2 heterocycles. The Morgan fingerprint density at radius 3 is 2.76 bits per heavy atom. The number of rotatable bonds is 5. The Bertz CT molecular complexity index is 731. The summed E-state index contributed by atoms with van der Waals surface area (Å²) in [6.07, 6.45) is 0. The van der Waals surface area contributed by atoms with Gasteiger partial charge in [-0.05, 0) is 35.7 Å². The van der Waals surface area contributed by atoms with Gasteiger partial charge in [-0.3, -0.25) is 0 Å². The fourth-order valence-electron chi connectivity index (χ4n) is 1.77. The van der Waals surface area contributed by atoms with Crippen molar-refractivity contribution in [2.24, 2.45) is 0 Å². The Morgan fingerprint density at radius 1 is 1.29 bits per heavy atom. The van der Waals surface area contributed by atoms with Crippen molar-refractivity contribution < 1.29 is 19.2 Å². The van der Waals surface area contributed by atoms with Gasteiger partial charge >= 0.3 is 5.97 Å². The molecule has 0 saturated heterocycles. The van der Waals surface area contributed by atoms with Crippen molar-refractivity contribution in [1.82, 2.24) is 5.16 Å². The predicted molar refractivity (Wildman–Crippen MR) is 77.5 cm³/mol. The summed E-state index contributed by atoms with van der Waals surface area (Å²) in [5.74, 6) is 0.337. The number of benzene rings is 1. The Morgan fingerprint density at radius 2 is 2.10 bits per heavy atom. The van der Waals surface area contributed by atoms with E-state index in [1.807, 2.05) is 23.6 Å². The van der Waals surface area contributed by atoms with Gasteiger partial charge in [-0.1, -0.05) is 11.2 Å². The van der Waals surface area contributed by atoms with Gasteiger partial charge in [0.2, 0.25) is 0 Å². The third kappa shape index (κ3) is 3.11. The van der Waals surface area contributed by atoms with Gasteiger partial charge in [0.25, 0.3) is 0 Å². The van der Waals surface area contributed by atoms with E-state index >= 15 is 0 Å². The number of hydrogen-bond acceptors (Lipinski definition) is 5. The van der Waals surface area contributed by atoms with Gasteiger partial charge in [0, 0.05) is 6.07 Å². The molecule has 0 amide bonds. The van der Waals surface area contributed by atoms with Crippen LogP contribution in [0.3, 0.4) is 0 Å². The van der Waals surface area contributed by atoms with Gasteiger partial charge in [-0.15, -0.1) is 11.3 Å². The van der Waals surface area contributed by atoms with Gasteiger partial charge in [0.15, 0.2) is 5.76 Å². The predicted octanol–water partition coefficient (Wildman–Crippen LogP) is 3.68. The first-order valence-electron chi connectivity index (χ1n) is 6.18. The molecule has 5 nitrogen and oxygen atoms in total. The van der Waals surface area contributed by atoms with Crippen molar-refractivity contribution in [1.29, 1.82) is 0 Å². The van der Waals surface area contributed by atoms with E-state index in [4.69, 9.17) is 14.4 Å². The van der Waals surface area contributed by atoms with Crippen LogP contribution in [0.25, 0.3) is 10.6 Å². The first kappa shape index (κ1) is 13.4. The number of carboxylic acid groups (broad SMARTS) is 1. The molecule has 0 saturated carbocycles. The molecule has 1 N–H and O–H groups in total. The summed E-state index contributed by atoms with van der Waals surface area (Å²) < 4.78 is 10.8. The van der Waals surface area contributed by atoms with Crippen molar-refractivity contribution in [3.05, 3.63) is 59.1 Å². The maximum Gasteiger partial charge on any atom is 0.335 e. The topological polar surface area (TPSA) is 72.6 Å². The van der Waals surface area contributed by atoms with Crippen molar-refractivity contribution in [2.75, 3.05) is 0 Å². The van der Waals surface area contributed by atoms with E-state index in [0.717, 1.165) is 4.88 Å². The lowest BCUT2D eigenvalue weighted by Gasteiger charge is -2.03. The molecule has 2 aromatic heterocycles.